The first-order chi connectivity index (χ1) is 14.1. The van der Waals surface area contributed by atoms with Gasteiger partial charge in [-0.25, -0.2) is 14.2 Å². The third kappa shape index (κ3) is 3.96. The summed E-state index contributed by atoms with van der Waals surface area (Å²) >= 11 is 0. The van der Waals surface area contributed by atoms with Crippen molar-refractivity contribution in [2.75, 3.05) is 0 Å². The fourth-order valence-electron chi connectivity index (χ4n) is 2.91. The molecule has 6 nitrogen and oxygen atoms in total. The third-order valence-electron chi connectivity index (χ3n) is 4.29. The fourth-order valence-corrected chi connectivity index (χ4v) is 2.91. The van der Waals surface area contributed by atoms with Gasteiger partial charge in [-0.3, -0.25) is 4.68 Å². The number of rotatable bonds is 5. The van der Waals surface area contributed by atoms with Crippen molar-refractivity contribution < 1.29 is 13.9 Å². The van der Waals surface area contributed by atoms with Gasteiger partial charge in [0, 0.05) is 22.9 Å². The predicted molar refractivity (Wildman–Crippen MR) is 105 cm³/mol. The molecule has 0 fully saturated rings. The van der Waals surface area contributed by atoms with E-state index in [1.165, 1.54) is 12.1 Å². The molecular weight excluding hydrogens is 371 g/mol. The van der Waals surface area contributed by atoms with E-state index in [1.807, 2.05) is 18.2 Å². The summed E-state index contributed by atoms with van der Waals surface area (Å²) in [5.41, 5.74) is 2.72. The van der Waals surface area contributed by atoms with Gasteiger partial charge in [-0.05, 0) is 42.5 Å². The van der Waals surface area contributed by atoms with Gasteiger partial charge in [-0.15, -0.1) is 0 Å². The van der Waals surface area contributed by atoms with Crippen molar-refractivity contribution in [1.82, 2.24) is 9.78 Å². The van der Waals surface area contributed by atoms with Crippen LogP contribution >= 0.6 is 0 Å². The number of carbonyl (C=O) groups excluding carboxylic acids is 1. The van der Waals surface area contributed by atoms with Gasteiger partial charge < -0.3 is 4.74 Å². The number of carbonyl (C=O) groups is 1. The van der Waals surface area contributed by atoms with Gasteiger partial charge in [0.25, 0.3) is 0 Å². The van der Waals surface area contributed by atoms with E-state index in [-0.39, 0.29) is 17.4 Å². The zero-order chi connectivity index (χ0) is 20.2. The molecule has 0 radical (unpaired) electrons. The van der Waals surface area contributed by atoms with E-state index in [4.69, 9.17) is 10.00 Å². The smallest absolute Gasteiger partial charge is 0.363 e. The topological polar surface area (TPSA) is 80.3 Å². The minimum absolute atomic E-state index is 0.145. The molecule has 0 spiro atoms. The molecule has 4 rings (SSSR count). The predicted octanol–water partition coefficient (Wildman–Crippen LogP) is 3.95. The van der Waals surface area contributed by atoms with Crippen LogP contribution in [0.1, 0.15) is 17.5 Å². The number of esters is 1. The minimum atomic E-state index is -0.557. The summed E-state index contributed by atoms with van der Waals surface area (Å²) in [4.78, 5) is 16.6. The molecule has 0 unspecified atom stereocenters. The number of nitrogens with zero attached hydrogens (tertiary/aromatic N) is 4. The minimum Gasteiger partial charge on any atom is -0.402 e. The summed E-state index contributed by atoms with van der Waals surface area (Å²) in [6.45, 7) is 0.400. The Labute approximate surface area is 166 Å². The molecule has 7 heteroatoms. The van der Waals surface area contributed by atoms with Crippen molar-refractivity contribution in [3.05, 3.63) is 83.4 Å². The number of benzene rings is 2. The van der Waals surface area contributed by atoms with Crippen LogP contribution in [0.15, 0.2) is 71.5 Å². The summed E-state index contributed by atoms with van der Waals surface area (Å²) in [5, 5.41) is 13.3. The van der Waals surface area contributed by atoms with Crippen LogP contribution in [0, 0.1) is 17.1 Å². The summed E-state index contributed by atoms with van der Waals surface area (Å²) in [6, 6.07) is 17.1. The normalized spacial score (nSPS) is 14.6. The summed E-state index contributed by atoms with van der Waals surface area (Å²) in [6.07, 6.45) is 3.61. The zero-order valence-electron chi connectivity index (χ0n) is 15.2. The van der Waals surface area contributed by atoms with Crippen molar-refractivity contribution in [2.45, 2.75) is 13.0 Å². The molecule has 2 aromatic carbocycles. The lowest BCUT2D eigenvalue weighted by Gasteiger charge is -1.99. The van der Waals surface area contributed by atoms with E-state index in [9.17, 15) is 9.18 Å². The van der Waals surface area contributed by atoms with E-state index in [0.29, 0.717) is 35.3 Å². The quantitative estimate of drug-likeness (QED) is 0.491. The SMILES string of the molecule is N#CCCn1cc(/C=C2\N=C(c3ccccc3)OC2=O)c(-c2ccc(F)cc2)n1. The van der Waals surface area contributed by atoms with Gasteiger partial charge in [0.2, 0.25) is 5.90 Å². The van der Waals surface area contributed by atoms with Crippen LogP contribution in [0.25, 0.3) is 17.3 Å². The van der Waals surface area contributed by atoms with Crippen molar-refractivity contribution in [3.63, 3.8) is 0 Å². The lowest BCUT2D eigenvalue weighted by Crippen LogP contribution is -2.04. The molecule has 0 bridgehead atoms. The molecule has 1 aromatic heterocycles. The first kappa shape index (κ1) is 18.3. The Bertz CT molecular complexity index is 1160. The Morgan fingerprint density at radius 3 is 2.59 bits per heavy atom. The molecule has 3 aromatic rings. The van der Waals surface area contributed by atoms with E-state index in [0.717, 1.165) is 0 Å². The monoisotopic (exact) mass is 386 g/mol. The van der Waals surface area contributed by atoms with Crippen LogP contribution < -0.4 is 0 Å². The molecule has 1 aliphatic rings. The Kier molecular flexibility index (Phi) is 4.99. The second kappa shape index (κ2) is 7.90. The van der Waals surface area contributed by atoms with Gasteiger partial charge in [0.15, 0.2) is 5.70 Å². The number of cyclic esters (lactones) is 1. The van der Waals surface area contributed by atoms with Crippen LogP contribution in [0.4, 0.5) is 4.39 Å². The van der Waals surface area contributed by atoms with E-state index >= 15 is 0 Å². The molecule has 0 aliphatic carbocycles. The van der Waals surface area contributed by atoms with Crippen LogP contribution in [0.3, 0.4) is 0 Å². The molecule has 0 amide bonds. The maximum absolute atomic E-state index is 13.3. The van der Waals surface area contributed by atoms with E-state index in [1.54, 1.807) is 41.2 Å². The van der Waals surface area contributed by atoms with E-state index < -0.39 is 5.97 Å². The molecule has 29 heavy (non-hydrogen) atoms. The lowest BCUT2D eigenvalue weighted by molar-refractivity contribution is -0.129. The third-order valence-corrected chi connectivity index (χ3v) is 4.29. The van der Waals surface area contributed by atoms with Crippen LogP contribution in [-0.2, 0) is 16.1 Å². The summed E-state index contributed by atoms with van der Waals surface area (Å²) in [7, 11) is 0. The largest absolute Gasteiger partial charge is 0.402 e. The lowest BCUT2D eigenvalue weighted by atomic mass is 10.1. The zero-order valence-corrected chi connectivity index (χ0v) is 15.2. The molecular formula is C22H15FN4O2. The number of aryl methyl sites for hydroxylation is 1. The Morgan fingerprint density at radius 2 is 1.86 bits per heavy atom. The van der Waals surface area contributed by atoms with Crippen molar-refractivity contribution in [1.29, 1.82) is 5.26 Å². The standard InChI is InChI=1S/C22H15FN4O2/c23-18-9-7-15(8-10-18)20-17(14-27(26-20)12-4-11-24)13-19-22(28)29-21(25-19)16-5-2-1-3-6-16/h1-3,5-10,13-14H,4,12H2/b19-13-. The number of hydrogen-bond donors (Lipinski definition) is 0. The molecule has 142 valence electrons. The van der Waals surface area contributed by atoms with Crippen molar-refractivity contribution in [3.8, 4) is 17.3 Å². The highest BCUT2D eigenvalue weighted by atomic mass is 19.1. The maximum Gasteiger partial charge on any atom is 0.363 e. The summed E-state index contributed by atoms with van der Waals surface area (Å²) in [5.74, 6) is -0.672. The van der Waals surface area contributed by atoms with Crippen molar-refractivity contribution >= 4 is 17.9 Å². The molecule has 0 saturated carbocycles. The Balaban J connectivity index is 1.74. The molecule has 1 aliphatic heterocycles. The highest BCUT2D eigenvalue weighted by Gasteiger charge is 2.25. The van der Waals surface area contributed by atoms with Crippen LogP contribution in [0.2, 0.25) is 0 Å². The Hall–Kier alpha value is -4.05. The number of aliphatic imine (C=N–C) groups is 1. The van der Waals surface area contributed by atoms with Crippen molar-refractivity contribution in [2.24, 2.45) is 4.99 Å². The molecule has 0 atom stereocenters. The first-order valence-electron chi connectivity index (χ1n) is 8.92. The highest BCUT2D eigenvalue weighted by molar-refractivity contribution is 6.13. The number of hydrogen-bond acceptors (Lipinski definition) is 5. The Morgan fingerprint density at radius 1 is 1.10 bits per heavy atom. The van der Waals surface area contributed by atoms with Crippen LogP contribution in [0.5, 0.6) is 0 Å². The maximum atomic E-state index is 13.3. The van der Waals surface area contributed by atoms with Gasteiger partial charge in [0.1, 0.15) is 5.82 Å². The second-order valence-corrected chi connectivity index (χ2v) is 6.31. The van der Waals surface area contributed by atoms with Gasteiger partial charge in [-0.1, -0.05) is 18.2 Å². The second-order valence-electron chi connectivity index (χ2n) is 6.31. The van der Waals surface area contributed by atoms with E-state index in [2.05, 4.69) is 16.2 Å². The molecule has 0 N–H and O–H groups in total. The number of nitriles is 1. The highest BCUT2D eigenvalue weighted by Crippen LogP contribution is 2.27. The fraction of sp³-hybridized carbons (Fsp3) is 0.0909. The van der Waals surface area contributed by atoms with Gasteiger partial charge in [-0.2, -0.15) is 10.4 Å². The first-order valence-corrected chi connectivity index (χ1v) is 8.92. The van der Waals surface area contributed by atoms with Crippen LogP contribution in [-0.4, -0.2) is 21.6 Å². The van der Waals surface area contributed by atoms with Gasteiger partial charge in [0.05, 0.1) is 24.7 Å². The average Bonchev–Trinajstić information content (AvgIpc) is 3.31. The number of ether oxygens (including phenoxy) is 1. The average molecular weight is 386 g/mol. The number of aromatic nitrogens is 2. The molecule has 0 saturated heterocycles. The number of halogens is 1. The molecule has 2 heterocycles. The summed E-state index contributed by atoms with van der Waals surface area (Å²) < 4.78 is 20.2. The van der Waals surface area contributed by atoms with Gasteiger partial charge >= 0.3 is 5.97 Å².